The lowest BCUT2D eigenvalue weighted by Crippen LogP contribution is -2.19. The molecular weight excluding hydrogens is 268 g/mol. The number of hydrogen-bond acceptors (Lipinski definition) is 4. The standard InChI is InChI=1S/C16H22N2OS/c1-13(2)10-18-12-14-11-17-7-5-16(14)19-8-6-15-4-3-9-20-15/h3-5,7,9,11,13,18H,6,8,10,12H2,1-2H3. The summed E-state index contributed by atoms with van der Waals surface area (Å²) >= 11 is 1.77. The van der Waals surface area contributed by atoms with E-state index in [9.17, 15) is 0 Å². The van der Waals surface area contributed by atoms with Crippen molar-refractivity contribution in [2.45, 2.75) is 26.8 Å². The van der Waals surface area contributed by atoms with Crippen LogP contribution in [0.3, 0.4) is 0 Å². The van der Waals surface area contributed by atoms with E-state index in [-0.39, 0.29) is 0 Å². The number of hydrogen-bond donors (Lipinski definition) is 1. The van der Waals surface area contributed by atoms with Crippen molar-refractivity contribution in [2.24, 2.45) is 5.92 Å². The zero-order valence-corrected chi connectivity index (χ0v) is 13.0. The van der Waals surface area contributed by atoms with Gasteiger partial charge >= 0.3 is 0 Å². The summed E-state index contributed by atoms with van der Waals surface area (Å²) in [4.78, 5) is 5.54. The van der Waals surface area contributed by atoms with Gasteiger partial charge in [-0.25, -0.2) is 0 Å². The van der Waals surface area contributed by atoms with Crippen molar-refractivity contribution in [1.82, 2.24) is 10.3 Å². The van der Waals surface area contributed by atoms with E-state index in [0.717, 1.165) is 30.8 Å². The fraction of sp³-hybridized carbons (Fsp3) is 0.438. The normalized spacial score (nSPS) is 10.9. The Kier molecular flexibility index (Phi) is 6.02. The van der Waals surface area contributed by atoms with Crippen molar-refractivity contribution in [3.8, 4) is 5.75 Å². The molecular formula is C16H22N2OS. The number of thiophene rings is 1. The van der Waals surface area contributed by atoms with Crippen LogP contribution in [0.5, 0.6) is 5.75 Å². The Morgan fingerprint density at radius 3 is 3.00 bits per heavy atom. The summed E-state index contributed by atoms with van der Waals surface area (Å²) in [6, 6.07) is 6.17. The largest absolute Gasteiger partial charge is 0.493 e. The fourth-order valence-electron chi connectivity index (χ4n) is 1.90. The molecule has 0 fully saturated rings. The molecule has 0 amide bonds. The molecule has 0 aliphatic heterocycles. The van der Waals surface area contributed by atoms with Crippen LogP contribution < -0.4 is 10.1 Å². The van der Waals surface area contributed by atoms with Gasteiger partial charge in [-0.3, -0.25) is 4.98 Å². The molecule has 0 radical (unpaired) electrons. The highest BCUT2D eigenvalue weighted by atomic mass is 32.1. The Morgan fingerprint density at radius 1 is 1.35 bits per heavy atom. The van der Waals surface area contributed by atoms with Crippen LogP contribution in [0.4, 0.5) is 0 Å². The zero-order valence-electron chi connectivity index (χ0n) is 12.1. The molecule has 0 saturated heterocycles. The molecule has 0 atom stereocenters. The highest BCUT2D eigenvalue weighted by molar-refractivity contribution is 7.09. The van der Waals surface area contributed by atoms with Gasteiger partial charge in [0, 0.05) is 35.8 Å². The molecule has 0 aliphatic rings. The van der Waals surface area contributed by atoms with Gasteiger partial charge in [-0.15, -0.1) is 11.3 Å². The third kappa shape index (κ3) is 4.94. The predicted molar refractivity (Wildman–Crippen MR) is 84.3 cm³/mol. The second kappa shape index (κ2) is 8.02. The molecule has 1 N–H and O–H groups in total. The van der Waals surface area contributed by atoms with Gasteiger partial charge in [0.25, 0.3) is 0 Å². The van der Waals surface area contributed by atoms with Crippen molar-refractivity contribution >= 4 is 11.3 Å². The van der Waals surface area contributed by atoms with Crippen LogP contribution in [0, 0.1) is 5.92 Å². The maximum absolute atomic E-state index is 5.89. The Balaban J connectivity index is 1.83. The molecule has 2 heterocycles. The van der Waals surface area contributed by atoms with Crippen LogP contribution in [0.25, 0.3) is 0 Å². The summed E-state index contributed by atoms with van der Waals surface area (Å²) in [5.74, 6) is 1.59. The fourth-order valence-corrected chi connectivity index (χ4v) is 2.59. The molecule has 2 aromatic heterocycles. The molecule has 0 bridgehead atoms. The van der Waals surface area contributed by atoms with Gasteiger partial charge in [0.15, 0.2) is 0 Å². The Bertz CT molecular complexity index is 497. The number of ether oxygens (including phenoxy) is 1. The number of nitrogens with one attached hydrogen (secondary N) is 1. The number of nitrogens with zero attached hydrogens (tertiary/aromatic N) is 1. The summed E-state index contributed by atoms with van der Waals surface area (Å²) in [6.45, 7) is 6.93. The van der Waals surface area contributed by atoms with Gasteiger partial charge in [-0.05, 0) is 30.0 Å². The lowest BCUT2D eigenvalue weighted by Gasteiger charge is -2.12. The maximum atomic E-state index is 5.89. The molecule has 20 heavy (non-hydrogen) atoms. The van der Waals surface area contributed by atoms with E-state index in [0.29, 0.717) is 12.5 Å². The molecule has 2 rings (SSSR count). The van der Waals surface area contributed by atoms with E-state index in [1.807, 2.05) is 12.3 Å². The van der Waals surface area contributed by atoms with Gasteiger partial charge in [0.05, 0.1) is 6.61 Å². The second-order valence-corrected chi connectivity index (χ2v) is 6.22. The lowest BCUT2D eigenvalue weighted by molar-refractivity contribution is 0.318. The Hall–Kier alpha value is -1.39. The highest BCUT2D eigenvalue weighted by Crippen LogP contribution is 2.17. The molecule has 4 heteroatoms. The van der Waals surface area contributed by atoms with Crippen LogP contribution in [0.1, 0.15) is 24.3 Å². The second-order valence-electron chi connectivity index (χ2n) is 5.19. The summed E-state index contributed by atoms with van der Waals surface area (Å²) < 4.78 is 5.89. The number of rotatable bonds is 8. The third-order valence-corrected chi connectivity index (χ3v) is 3.85. The van der Waals surface area contributed by atoms with E-state index in [2.05, 4.69) is 41.7 Å². The summed E-state index contributed by atoms with van der Waals surface area (Å²) in [6.07, 6.45) is 4.62. The first-order valence-electron chi connectivity index (χ1n) is 7.04. The Labute approximate surface area is 125 Å². The lowest BCUT2D eigenvalue weighted by atomic mass is 10.2. The topological polar surface area (TPSA) is 34.2 Å². The minimum atomic E-state index is 0.648. The first kappa shape index (κ1) is 15.0. The molecule has 108 valence electrons. The summed E-state index contributed by atoms with van der Waals surface area (Å²) in [7, 11) is 0. The van der Waals surface area contributed by atoms with E-state index >= 15 is 0 Å². The molecule has 3 nitrogen and oxygen atoms in total. The number of pyridine rings is 1. The van der Waals surface area contributed by atoms with Gasteiger partial charge < -0.3 is 10.1 Å². The molecule has 2 aromatic rings. The van der Waals surface area contributed by atoms with Crippen molar-refractivity contribution in [1.29, 1.82) is 0 Å². The van der Waals surface area contributed by atoms with Crippen LogP contribution in [-0.2, 0) is 13.0 Å². The molecule has 0 unspecified atom stereocenters. The van der Waals surface area contributed by atoms with Crippen molar-refractivity contribution in [2.75, 3.05) is 13.2 Å². The van der Waals surface area contributed by atoms with Gasteiger partial charge in [-0.1, -0.05) is 19.9 Å². The van der Waals surface area contributed by atoms with Crippen LogP contribution >= 0.6 is 11.3 Å². The first-order valence-corrected chi connectivity index (χ1v) is 7.92. The van der Waals surface area contributed by atoms with Crippen LogP contribution in [0.2, 0.25) is 0 Å². The number of aromatic nitrogens is 1. The Morgan fingerprint density at radius 2 is 2.25 bits per heavy atom. The summed E-state index contributed by atoms with van der Waals surface area (Å²) in [5.41, 5.74) is 1.12. The van der Waals surface area contributed by atoms with Crippen molar-refractivity contribution < 1.29 is 4.74 Å². The van der Waals surface area contributed by atoms with Crippen molar-refractivity contribution in [3.63, 3.8) is 0 Å². The minimum Gasteiger partial charge on any atom is -0.493 e. The summed E-state index contributed by atoms with van der Waals surface area (Å²) in [5, 5.41) is 5.53. The smallest absolute Gasteiger partial charge is 0.126 e. The van der Waals surface area contributed by atoms with E-state index in [4.69, 9.17) is 4.74 Å². The van der Waals surface area contributed by atoms with E-state index in [1.165, 1.54) is 4.88 Å². The predicted octanol–water partition coefficient (Wildman–Crippen LogP) is 3.51. The average Bonchev–Trinajstić information content (AvgIpc) is 2.93. The quantitative estimate of drug-likeness (QED) is 0.808. The molecule has 0 aromatic carbocycles. The average molecular weight is 290 g/mol. The monoisotopic (exact) mass is 290 g/mol. The van der Waals surface area contributed by atoms with Crippen molar-refractivity contribution in [3.05, 3.63) is 46.4 Å². The van der Waals surface area contributed by atoms with Crippen LogP contribution in [-0.4, -0.2) is 18.1 Å². The SMILES string of the molecule is CC(C)CNCc1cnccc1OCCc1cccs1. The highest BCUT2D eigenvalue weighted by Gasteiger charge is 2.04. The van der Waals surface area contributed by atoms with E-state index < -0.39 is 0 Å². The van der Waals surface area contributed by atoms with Crippen LogP contribution in [0.15, 0.2) is 36.0 Å². The third-order valence-electron chi connectivity index (χ3n) is 2.91. The van der Waals surface area contributed by atoms with Gasteiger partial charge in [-0.2, -0.15) is 0 Å². The molecule has 0 saturated carbocycles. The first-order chi connectivity index (χ1) is 9.75. The molecule has 0 spiro atoms. The van der Waals surface area contributed by atoms with E-state index in [1.54, 1.807) is 17.5 Å². The van der Waals surface area contributed by atoms with Gasteiger partial charge in [0.2, 0.25) is 0 Å². The minimum absolute atomic E-state index is 0.648. The van der Waals surface area contributed by atoms with Gasteiger partial charge in [0.1, 0.15) is 5.75 Å². The zero-order chi connectivity index (χ0) is 14.2. The molecule has 0 aliphatic carbocycles. The maximum Gasteiger partial charge on any atom is 0.126 e.